The molecule has 1 aromatic rings. The summed E-state index contributed by atoms with van der Waals surface area (Å²) in [4.78, 5) is 2.49. The molecule has 6 heteroatoms. The quantitative estimate of drug-likeness (QED) is 0.644. The second-order valence-corrected chi connectivity index (χ2v) is 7.94. The molecule has 2 atom stereocenters. The number of nitrogens with zero attached hydrogens (tertiary/aromatic N) is 1. The largest absolute Gasteiger partial charge is 0.431 e. The van der Waals surface area contributed by atoms with E-state index in [2.05, 4.69) is 20.8 Å². The van der Waals surface area contributed by atoms with Crippen LogP contribution in [0.2, 0.25) is 0 Å². The lowest BCUT2D eigenvalue weighted by Gasteiger charge is -2.29. The van der Waals surface area contributed by atoms with Crippen molar-refractivity contribution in [1.29, 1.82) is 0 Å². The van der Waals surface area contributed by atoms with Crippen molar-refractivity contribution in [3.8, 4) is 0 Å². The van der Waals surface area contributed by atoms with E-state index in [-0.39, 0.29) is 11.3 Å². The predicted molar refractivity (Wildman–Crippen MR) is 85.9 cm³/mol. The highest BCUT2D eigenvalue weighted by atomic mass is 32.2. The van der Waals surface area contributed by atoms with E-state index < -0.39 is 11.9 Å². The molecule has 2 rings (SSSR count). The van der Waals surface area contributed by atoms with Crippen LogP contribution in [0, 0.1) is 5.92 Å². The molecule has 118 valence electrons. The van der Waals surface area contributed by atoms with E-state index >= 15 is 0 Å². The summed E-state index contributed by atoms with van der Waals surface area (Å²) < 4.78 is 39.6. The van der Waals surface area contributed by atoms with Gasteiger partial charge in [-0.2, -0.15) is 13.2 Å². The molecule has 1 aliphatic heterocycles. The minimum atomic E-state index is -4.31. The third kappa shape index (κ3) is 3.59. The van der Waals surface area contributed by atoms with Gasteiger partial charge < -0.3 is 4.90 Å². The summed E-state index contributed by atoms with van der Waals surface area (Å²) >= 11 is 2.78. The van der Waals surface area contributed by atoms with Crippen LogP contribution in [0.15, 0.2) is 22.6 Å². The standard InChI is InChI=1S/C15H20F3NS2/c1-9(2)7-10(3)14-12(5-6-20-14)19-11(4)21-8-13(19)15(16,17)18/h5-6,8-11H,7H2,1-4H3. The lowest BCUT2D eigenvalue weighted by Crippen LogP contribution is -2.33. The molecule has 2 unspecified atom stereocenters. The minimum Gasteiger partial charge on any atom is -0.323 e. The molecule has 1 aromatic heterocycles. The average molecular weight is 335 g/mol. The van der Waals surface area contributed by atoms with E-state index in [4.69, 9.17) is 0 Å². The van der Waals surface area contributed by atoms with Gasteiger partial charge in [-0.25, -0.2) is 0 Å². The van der Waals surface area contributed by atoms with Gasteiger partial charge in [0.25, 0.3) is 0 Å². The molecule has 0 fully saturated rings. The van der Waals surface area contributed by atoms with Gasteiger partial charge in [0.05, 0.1) is 11.1 Å². The van der Waals surface area contributed by atoms with Crippen LogP contribution in [-0.4, -0.2) is 11.6 Å². The van der Waals surface area contributed by atoms with Crippen LogP contribution >= 0.6 is 23.1 Å². The highest BCUT2D eigenvalue weighted by molar-refractivity contribution is 8.03. The second kappa shape index (κ2) is 6.24. The Labute approximate surface area is 132 Å². The van der Waals surface area contributed by atoms with Crippen LogP contribution in [0.25, 0.3) is 0 Å². The van der Waals surface area contributed by atoms with Gasteiger partial charge in [-0.3, -0.25) is 0 Å². The molecule has 0 saturated heterocycles. The molecule has 0 amide bonds. The van der Waals surface area contributed by atoms with Gasteiger partial charge in [0.2, 0.25) is 0 Å². The molecule has 0 bridgehead atoms. The van der Waals surface area contributed by atoms with Crippen molar-refractivity contribution in [2.45, 2.75) is 51.6 Å². The molecule has 0 N–H and O–H groups in total. The van der Waals surface area contributed by atoms with Gasteiger partial charge in [0.1, 0.15) is 5.70 Å². The van der Waals surface area contributed by atoms with Crippen LogP contribution in [0.4, 0.5) is 18.9 Å². The number of thioether (sulfide) groups is 1. The van der Waals surface area contributed by atoms with Gasteiger partial charge in [-0.05, 0) is 36.6 Å². The lowest BCUT2D eigenvalue weighted by molar-refractivity contribution is -0.0929. The molecular formula is C15H20F3NS2. The fourth-order valence-corrected chi connectivity index (χ4v) is 4.58. The maximum Gasteiger partial charge on any atom is 0.431 e. The Hall–Kier alpha value is -0.620. The first kappa shape index (κ1) is 16.7. The highest BCUT2D eigenvalue weighted by Crippen LogP contribution is 2.47. The molecule has 1 aliphatic rings. The Morgan fingerprint density at radius 1 is 1.29 bits per heavy atom. The SMILES string of the molecule is CC(C)CC(C)c1sccc1N1C(C(F)(F)F)=CSC1C. The third-order valence-electron chi connectivity index (χ3n) is 3.50. The molecule has 1 nitrogen and oxygen atoms in total. The Morgan fingerprint density at radius 2 is 1.95 bits per heavy atom. The number of hydrogen-bond donors (Lipinski definition) is 0. The van der Waals surface area contributed by atoms with Crippen molar-refractivity contribution < 1.29 is 13.2 Å². The average Bonchev–Trinajstić information content (AvgIpc) is 2.92. The minimum absolute atomic E-state index is 0.221. The zero-order valence-electron chi connectivity index (χ0n) is 12.6. The monoisotopic (exact) mass is 335 g/mol. The van der Waals surface area contributed by atoms with Crippen molar-refractivity contribution in [2.24, 2.45) is 5.92 Å². The molecule has 0 radical (unpaired) electrons. The maximum atomic E-state index is 13.2. The molecule has 0 saturated carbocycles. The van der Waals surface area contributed by atoms with Crippen LogP contribution in [-0.2, 0) is 0 Å². The van der Waals surface area contributed by atoms with Crippen molar-refractivity contribution in [1.82, 2.24) is 0 Å². The molecular weight excluding hydrogens is 315 g/mol. The Balaban J connectivity index is 2.34. The first-order valence-corrected chi connectivity index (χ1v) is 8.83. The predicted octanol–water partition coefficient (Wildman–Crippen LogP) is 6.20. The maximum absolute atomic E-state index is 13.2. The summed E-state index contributed by atoms with van der Waals surface area (Å²) in [7, 11) is 0. The smallest absolute Gasteiger partial charge is 0.323 e. The summed E-state index contributed by atoms with van der Waals surface area (Å²) in [5, 5.41) is 2.91. The summed E-state index contributed by atoms with van der Waals surface area (Å²) in [6.45, 7) is 8.19. The Bertz CT molecular complexity index is 519. The number of halogens is 3. The molecule has 21 heavy (non-hydrogen) atoms. The third-order valence-corrected chi connectivity index (χ3v) is 5.60. The van der Waals surface area contributed by atoms with Crippen molar-refractivity contribution in [3.05, 3.63) is 27.4 Å². The molecule has 0 aromatic carbocycles. The summed E-state index contributed by atoms with van der Waals surface area (Å²) in [6, 6.07) is 1.82. The van der Waals surface area contributed by atoms with Crippen molar-refractivity contribution in [3.63, 3.8) is 0 Å². The van der Waals surface area contributed by atoms with E-state index in [0.717, 1.165) is 11.3 Å². The van der Waals surface area contributed by atoms with Crippen molar-refractivity contribution in [2.75, 3.05) is 4.90 Å². The van der Waals surface area contributed by atoms with Gasteiger partial charge >= 0.3 is 6.18 Å². The number of hydrogen-bond acceptors (Lipinski definition) is 3. The summed E-state index contributed by atoms with van der Waals surface area (Å²) in [6.07, 6.45) is -3.33. The number of rotatable bonds is 4. The number of alkyl halides is 3. The zero-order valence-corrected chi connectivity index (χ0v) is 14.2. The molecule has 0 spiro atoms. The lowest BCUT2D eigenvalue weighted by atomic mass is 9.96. The van der Waals surface area contributed by atoms with E-state index in [1.54, 1.807) is 11.3 Å². The van der Waals surface area contributed by atoms with Crippen LogP contribution < -0.4 is 4.90 Å². The van der Waals surface area contributed by atoms with E-state index in [1.807, 2.05) is 18.4 Å². The van der Waals surface area contributed by atoms with Crippen molar-refractivity contribution >= 4 is 28.8 Å². The fraction of sp³-hybridized carbons (Fsp3) is 0.600. The van der Waals surface area contributed by atoms with E-state index in [0.29, 0.717) is 11.6 Å². The fourth-order valence-electron chi connectivity index (χ4n) is 2.70. The molecule has 0 aliphatic carbocycles. The number of allylic oxidation sites excluding steroid dienone is 1. The second-order valence-electron chi connectivity index (χ2n) is 5.81. The number of thiophene rings is 1. The van der Waals surface area contributed by atoms with Crippen LogP contribution in [0.5, 0.6) is 0 Å². The summed E-state index contributed by atoms with van der Waals surface area (Å²) in [5.41, 5.74) is 0.172. The highest BCUT2D eigenvalue weighted by Gasteiger charge is 2.44. The Kier molecular flexibility index (Phi) is 4.98. The zero-order chi connectivity index (χ0) is 15.8. The van der Waals surface area contributed by atoms with Gasteiger partial charge in [0, 0.05) is 10.3 Å². The van der Waals surface area contributed by atoms with E-state index in [1.165, 1.54) is 22.1 Å². The first-order chi connectivity index (χ1) is 9.71. The topological polar surface area (TPSA) is 3.24 Å². The van der Waals surface area contributed by atoms with Crippen LogP contribution in [0.3, 0.4) is 0 Å². The van der Waals surface area contributed by atoms with E-state index in [9.17, 15) is 13.2 Å². The number of anilines is 1. The van der Waals surface area contributed by atoms with Crippen LogP contribution in [0.1, 0.15) is 44.9 Å². The Morgan fingerprint density at radius 3 is 2.52 bits per heavy atom. The van der Waals surface area contributed by atoms with Gasteiger partial charge in [0.15, 0.2) is 0 Å². The summed E-state index contributed by atoms with van der Waals surface area (Å²) in [5.74, 6) is 0.797. The van der Waals surface area contributed by atoms with Gasteiger partial charge in [-0.1, -0.05) is 20.8 Å². The molecule has 2 heterocycles. The first-order valence-electron chi connectivity index (χ1n) is 7.01. The normalized spacial score (nSPS) is 21.0. The van der Waals surface area contributed by atoms with Gasteiger partial charge in [-0.15, -0.1) is 23.1 Å².